The summed E-state index contributed by atoms with van der Waals surface area (Å²) in [5, 5.41) is 6.94. The minimum absolute atomic E-state index is 1.01. The van der Waals surface area contributed by atoms with E-state index in [0.29, 0.717) is 0 Å². The third-order valence-corrected chi connectivity index (χ3v) is 4.53. The van der Waals surface area contributed by atoms with E-state index in [1.165, 1.54) is 56.6 Å². The summed E-state index contributed by atoms with van der Waals surface area (Å²) in [6.45, 7) is 6.82. The van der Waals surface area contributed by atoms with Crippen LogP contribution in [-0.4, -0.2) is 54.1 Å². The molecule has 1 fully saturated rings. The molecule has 5 heteroatoms. The van der Waals surface area contributed by atoms with Crippen LogP contribution in [0.1, 0.15) is 36.9 Å². The lowest BCUT2D eigenvalue weighted by Crippen LogP contribution is -2.44. The topological polar surface area (TPSA) is 53.1 Å². The fourth-order valence-corrected chi connectivity index (χ4v) is 3.29. The van der Waals surface area contributed by atoms with E-state index in [0.717, 1.165) is 38.3 Å². The number of aromatic nitrogens is 2. The van der Waals surface area contributed by atoms with E-state index in [1.807, 2.05) is 0 Å². The summed E-state index contributed by atoms with van der Waals surface area (Å²) in [4.78, 5) is 11.5. The highest BCUT2D eigenvalue weighted by Crippen LogP contribution is 2.23. The van der Waals surface area contributed by atoms with Crippen molar-refractivity contribution in [3.05, 3.63) is 17.6 Å². The first-order valence-electron chi connectivity index (χ1n) is 8.43. The predicted molar refractivity (Wildman–Crippen MR) is 85.7 cm³/mol. The second-order valence-electron chi connectivity index (χ2n) is 6.08. The molecule has 0 saturated carbocycles. The molecule has 1 aromatic rings. The average Bonchev–Trinajstić information content (AvgIpc) is 2.78. The van der Waals surface area contributed by atoms with Crippen LogP contribution in [0.4, 0.5) is 5.82 Å². The SMILES string of the molecule is c1nc2c(c(NCCCN3CCNCC3)n1)CCCCC2. The lowest BCUT2D eigenvalue weighted by molar-refractivity contribution is 0.240. The number of hydrogen-bond acceptors (Lipinski definition) is 5. The van der Waals surface area contributed by atoms with Gasteiger partial charge in [0.1, 0.15) is 12.1 Å². The van der Waals surface area contributed by atoms with Crippen LogP contribution in [0.15, 0.2) is 6.33 Å². The van der Waals surface area contributed by atoms with Gasteiger partial charge in [-0.2, -0.15) is 0 Å². The normalized spacial score (nSPS) is 19.8. The van der Waals surface area contributed by atoms with Crippen molar-refractivity contribution < 1.29 is 0 Å². The minimum atomic E-state index is 1.01. The van der Waals surface area contributed by atoms with Crippen LogP contribution in [0.3, 0.4) is 0 Å². The minimum Gasteiger partial charge on any atom is -0.370 e. The van der Waals surface area contributed by atoms with Gasteiger partial charge < -0.3 is 15.5 Å². The van der Waals surface area contributed by atoms with Gasteiger partial charge >= 0.3 is 0 Å². The first-order valence-corrected chi connectivity index (χ1v) is 8.43. The van der Waals surface area contributed by atoms with Gasteiger partial charge in [-0.15, -0.1) is 0 Å². The molecular formula is C16H27N5. The molecule has 0 unspecified atom stereocenters. The zero-order chi connectivity index (χ0) is 14.3. The number of anilines is 1. The third-order valence-electron chi connectivity index (χ3n) is 4.53. The van der Waals surface area contributed by atoms with Gasteiger partial charge in [-0.25, -0.2) is 9.97 Å². The van der Waals surface area contributed by atoms with Gasteiger partial charge in [0.05, 0.1) is 0 Å². The van der Waals surface area contributed by atoms with Crippen LogP contribution in [0.5, 0.6) is 0 Å². The summed E-state index contributed by atoms with van der Waals surface area (Å²) in [5.74, 6) is 1.09. The van der Waals surface area contributed by atoms with Crippen molar-refractivity contribution in [2.45, 2.75) is 38.5 Å². The molecule has 0 radical (unpaired) electrons. The predicted octanol–water partition coefficient (Wildman–Crippen LogP) is 1.45. The van der Waals surface area contributed by atoms with Gasteiger partial charge in [0.15, 0.2) is 0 Å². The summed E-state index contributed by atoms with van der Waals surface area (Å²) >= 11 is 0. The zero-order valence-corrected chi connectivity index (χ0v) is 12.9. The van der Waals surface area contributed by atoms with E-state index in [1.54, 1.807) is 6.33 Å². The molecule has 21 heavy (non-hydrogen) atoms. The van der Waals surface area contributed by atoms with Gasteiger partial charge in [0.25, 0.3) is 0 Å². The lowest BCUT2D eigenvalue weighted by atomic mass is 10.1. The quantitative estimate of drug-likeness (QED) is 0.635. The van der Waals surface area contributed by atoms with Crippen LogP contribution < -0.4 is 10.6 Å². The smallest absolute Gasteiger partial charge is 0.132 e. The number of nitrogens with one attached hydrogen (secondary N) is 2. The van der Waals surface area contributed by atoms with Gasteiger partial charge in [-0.3, -0.25) is 0 Å². The third kappa shape index (κ3) is 4.14. The first kappa shape index (κ1) is 14.7. The molecule has 1 aliphatic carbocycles. The average molecular weight is 289 g/mol. The summed E-state index contributed by atoms with van der Waals surface area (Å²) < 4.78 is 0. The molecule has 1 aliphatic heterocycles. The molecule has 1 saturated heterocycles. The Morgan fingerprint density at radius 1 is 1.10 bits per heavy atom. The Kier molecular flexibility index (Phi) is 5.40. The zero-order valence-electron chi connectivity index (χ0n) is 12.9. The van der Waals surface area contributed by atoms with Crippen molar-refractivity contribution in [3.8, 4) is 0 Å². The van der Waals surface area contributed by atoms with Crippen LogP contribution in [-0.2, 0) is 12.8 Å². The van der Waals surface area contributed by atoms with E-state index in [-0.39, 0.29) is 0 Å². The standard InChI is InChI=1S/C16H27N5/c1-2-5-14-15(6-3-1)19-13-20-16(14)18-7-4-10-21-11-8-17-9-12-21/h13,17H,1-12H2,(H,18,19,20). The lowest BCUT2D eigenvalue weighted by Gasteiger charge is -2.27. The number of hydrogen-bond donors (Lipinski definition) is 2. The Morgan fingerprint density at radius 2 is 1.95 bits per heavy atom. The molecule has 0 atom stereocenters. The maximum Gasteiger partial charge on any atom is 0.132 e. The molecule has 2 N–H and O–H groups in total. The van der Waals surface area contributed by atoms with Gasteiger partial charge in [-0.1, -0.05) is 6.42 Å². The first-order chi connectivity index (χ1) is 10.4. The van der Waals surface area contributed by atoms with Gasteiger partial charge in [-0.05, 0) is 38.6 Å². The molecule has 0 bridgehead atoms. The summed E-state index contributed by atoms with van der Waals surface area (Å²) in [6.07, 6.45) is 9.02. The highest BCUT2D eigenvalue weighted by molar-refractivity contribution is 5.46. The number of rotatable bonds is 5. The van der Waals surface area contributed by atoms with E-state index < -0.39 is 0 Å². The molecule has 116 valence electrons. The summed E-state index contributed by atoms with van der Waals surface area (Å²) in [6, 6.07) is 0. The molecule has 2 aliphatic rings. The van der Waals surface area contributed by atoms with E-state index >= 15 is 0 Å². The van der Waals surface area contributed by atoms with Crippen molar-refractivity contribution in [2.75, 3.05) is 44.6 Å². The Morgan fingerprint density at radius 3 is 2.86 bits per heavy atom. The molecular weight excluding hydrogens is 262 g/mol. The number of nitrogens with zero attached hydrogens (tertiary/aromatic N) is 3. The maximum atomic E-state index is 4.48. The molecule has 3 rings (SSSR count). The van der Waals surface area contributed by atoms with Crippen LogP contribution in [0, 0.1) is 0 Å². The molecule has 2 heterocycles. The van der Waals surface area contributed by atoms with Crippen LogP contribution in [0.2, 0.25) is 0 Å². The molecule has 0 amide bonds. The molecule has 0 spiro atoms. The van der Waals surface area contributed by atoms with Crippen LogP contribution in [0.25, 0.3) is 0 Å². The Bertz CT molecular complexity index is 442. The van der Waals surface area contributed by atoms with E-state index in [9.17, 15) is 0 Å². The van der Waals surface area contributed by atoms with E-state index in [4.69, 9.17) is 0 Å². The van der Waals surface area contributed by atoms with Crippen molar-refractivity contribution >= 4 is 5.82 Å². The molecule has 0 aromatic carbocycles. The fraction of sp³-hybridized carbons (Fsp3) is 0.750. The fourth-order valence-electron chi connectivity index (χ4n) is 3.29. The van der Waals surface area contributed by atoms with Gasteiger partial charge in [0.2, 0.25) is 0 Å². The number of fused-ring (bicyclic) bond motifs is 1. The van der Waals surface area contributed by atoms with E-state index in [2.05, 4.69) is 25.5 Å². The Labute approximate surface area is 127 Å². The molecule has 1 aromatic heterocycles. The Hall–Kier alpha value is -1.20. The number of aryl methyl sites for hydroxylation is 1. The highest BCUT2D eigenvalue weighted by Gasteiger charge is 2.14. The number of piperazine rings is 1. The van der Waals surface area contributed by atoms with Gasteiger partial charge in [0, 0.05) is 44.0 Å². The van der Waals surface area contributed by atoms with Crippen molar-refractivity contribution in [3.63, 3.8) is 0 Å². The summed E-state index contributed by atoms with van der Waals surface area (Å²) in [5.41, 5.74) is 2.64. The van der Waals surface area contributed by atoms with Crippen molar-refractivity contribution in [2.24, 2.45) is 0 Å². The second kappa shape index (κ2) is 7.71. The maximum absolute atomic E-state index is 4.48. The summed E-state index contributed by atoms with van der Waals surface area (Å²) in [7, 11) is 0. The molecule has 5 nitrogen and oxygen atoms in total. The highest BCUT2D eigenvalue weighted by atomic mass is 15.2. The van der Waals surface area contributed by atoms with Crippen LogP contribution >= 0.6 is 0 Å². The second-order valence-corrected chi connectivity index (χ2v) is 6.08. The van der Waals surface area contributed by atoms with Crippen molar-refractivity contribution in [1.29, 1.82) is 0 Å². The van der Waals surface area contributed by atoms with Crippen molar-refractivity contribution in [1.82, 2.24) is 20.2 Å². The largest absolute Gasteiger partial charge is 0.370 e. The Balaban J connectivity index is 1.48. The monoisotopic (exact) mass is 289 g/mol.